The summed E-state index contributed by atoms with van der Waals surface area (Å²) in [7, 11) is 0. The summed E-state index contributed by atoms with van der Waals surface area (Å²) in [6.07, 6.45) is -10.8. The summed E-state index contributed by atoms with van der Waals surface area (Å²) >= 11 is 0. The van der Waals surface area contributed by atoms with Crippen LogP contribution in [0, 0.1) is 5.92 Å². The second-order valence-corrected chi connectivity index (χ2v) is 6.86. The van der Waals surface area contributed by atoms with Crippen LogP contribution in [0.1, 0.15) is 49.6 Å². The average Bonchev–Trinajstić information content (AvgIpc) is 2.50. The average molecular weight is 391 g/mol. The first kappa shape index (κ1) is 21.2. The van der Waals surface area contributed by atoms with E-state index in [9.17, 15) is 31.4 Å². The molecular weight excluding hydrogens is 372 g/mol. The zero-order valence-electron chi connectivity index (χ0n) is 14.7. The summed E-state index contributed by atoms with van der Waals surface area (Å²) in [5.41, 5.74) is -3.23. The number of para-hydroxylation sites is 1. The Balaban J connectivity index is 2.65. The number of aliphatic hydroxyl groups excluding tert-OH is 1. The molecule has 0 amide bonds. The lowest BCUT2D eigenvalue weighted by Crippen LogP contribution is -2.14. The topological polar surface area (TPSA) is 33.1 Å². The molecule has 1 heterocycles. The third-order valence-electron chi connectivity index (χ3n) is 4.01. The maximum absolute atomic E-state index is 13.2. The number of aliphatic hydroxyl groups is 1. The van der Waals surface area contributed by atoms with Crippen LogP contribution in [0.5, 0.6) is 0 Å². The fourth-order valence-electron chi connectivity index (χ4n) is 2.97. The Morgan fingerprint density at radius 2 is 1.70 bits per heavy atom. The molecular formula is C19H19F6NO. The lowest BCUT2D eigenvalue weighted by Gasteiger charge is -2.19. The van der Waals surface area contributed by atoms with Gasteiger partial charge in [-0.1, -0.05) is 38.1 Å². The van der Waals surface area contributed by atoms with E-state index in [1.54, 1.807) is 0 Å². The van der Waals surface area contributed by atoms with Crippen molar-refractivity contribution in [3.05, 3.63) is 53.2 Å². The summed E-state index contributed by atoms with van der Waals surface area (Å²) in [5.74, 6) is 0.224. The van der Waals surface area contributed by atoms with Gasteiger partial charge in [-0.3, -0.25) is 0 Å². The Morgan fingerprint density at radius 1 is 1.07 bits per heavy atom. The standard InChI is InChI=1S/C19H19F6NO/c1-10(2)7-11(3)8-15(27)13-9-16(19(23,24)25)26-17-12(13)5-4-6-14(17)18(20,21)22/h4-6,9-10,15,27H,3,7-8H2,1-2H3. The molecule has 0 aliphatic rings. The fourth-order valence-corrected chi connectivity index (χ4v) is 2.97. The molecule has 0 saturated carbocycles. The Bertz CT molecular complexity index is 838. The van der Waals surface area contributed by atoms with Crippen molar-refractivity contribution in [3.63, 3.8) is 0 Å². The summed E-state index contributed by atoms with van der Waals surface area (Å²) in [4.78, 5) is 3.20. The maximum atomic E-state index is 13.2. The molecule has 1 atom stereocenters. The van der Waals surface area contributed by atoms with Crippen LogP contribution in [0.3, 0.4) is 0 Å². The quantitative estimate of drug-likeness (QED) is 0.479. The van der Waals surface area contributed by atoms with Gasteiger partial charge in [0, 0.05) is 5.39 Å². The summed E-state index contributed by atoms with van der Waals surface area (Å²) in [6, 6.07) is 3.58. The molecule has 0 aliphatic carbocycles. The van der Waals surface area contributed by atoms with Crippen molar-refractivity contribution in [1.82, 2.24) is 4.98 Å². The van der Waals surface area contributed by atoms with E-state index in [-0.39, 0.29) is 23.3 Å². The molecule has 0 spiro atoms. The smallest absolute Gasteiger partial charge is 0.388 e. The number of aromatic nitrogens is 1. The van der Waals surface area contributed by atoms with E-state index in [0.717, 1.165) is 6.07 Å². The lowest BCUT2D eigenvalue weighted by atomic mass is 9.93. The predicted octanol–water partition coefficient (Wildman–Crippen LogP) is 6.30. The molecule has 8 heteroatoms. The van der Waals surface area contributed by atoms with Crippen molar-refractivity contribution in [2.45, 2.75) is 45.1 Å². The van der Waals surface area contributed by atoms with Gasteiger partial charge in [0.15, 0.2) is 0 Å². The number of pyridine rings is 1. The molecule has 0 bridgehead atoms. The van der Waals surface area contributed by atoms with Gasteiger partial charge >= 0.3 is 12.4 Å². The Hall–Kier alpha value is -2.09. The van der Waals surface area contributed by atoms with Gasteiger partial charge in [-0.15, -0.1) is 0 Å². The Labute approximate surface area is 152 Å². The Kier molecular flexibility index (Phi) is 5.89. The summed E-state index contributed by atoms with van der Waals surface area (Å²) in [6.45, 7) is 7.62. The van der Waals surface area contributed by atoms with Crippen molar-refractivity contribution >= 4 is 10.9 Å². The van der Waals surface area contributed by atoms with E-state index >= 15 is 0 Å². The van der Waals surface area contributed by atoms with Gasteiger partial charge < -0.3 is 5.11 Å². The van der Waals surface area contributed by atoms with Crippen molar-refractivity contribution in [2.24, 2.45) is 5.92 Å². The molecule has 2 rings (SSSR count). The second-order valence-electron chi connectivity index (χ2n) is 6.86. The zero-order chi connectivity index (χ0) is 20.6. The van der Waals surface area contributed by atoms with Crippen LogP contribution >= 0.6 is 0 Å². The molecule has 0 fully saturated rings. The number of hydrogen-bond donors (Lipinski definition) is 1. The predicted molar refractivity (Wildman–Crippen MR) is 89.9 cm³/mol. The molecule has 0 saturated heterocycles. The fraction of sp³-hybridized carbons (Fsp3) is 0.421. The zero-order valence-corrected chi connectivity index (χ0v) is 14.7. The molecule has 0 radical (unpaired) electrons. The van der Waals surface area contributed by atoms with Gasteiger partial charge in [-0.2, -0.15) is 26.3 Å². The van der Waals surface area contributed by atoms with Crippen LogP contribution in [0.4, 0.5) is 26.3 Å². The molecule has 1 N–H and O–H groups in total. The monoisotopic (exact) mass is 391 g/mol. The van der Waals surface area contributed by atoms with Gasteiger partial charge in [0.25, 0.3) is 0 Å². The molecule has 2 aromatic rings. The molecule has 1 aromatic heterocycles. The lowest BCUT2D eigenvalue weighted by molar-refractivity contribution is -0.142. The molecule has 1 aromatic carbocycles. The highest BCUT2D eigenvalue weighted by molar-refractivity contribution is 5.86. The number of alkyl halides is 6. The van der Waals surface area contributed by atoms with Crippen LogP contribution in [0.2, 0.25) is 0 Å². The van der Waals surface area contributed by atoms with Crippen LogP contribution < -0.4 is 0 Å². The highest BCUT2D eigenvalue weighted by Crippen LogP contribution is 2.39. The summed E-state index contributed by atoms with van der Waals surface area (Å²) < 4.78 is 79.2. The highest BCUT2D eigenvalue weighted by Gasteiger charge is 2.38. The number of halogens is 6. The molecule has 1 unspecified atom stereocenters. The van der Waals surface area contributed by atoms with Crippen molar-refractivity contribution < 1.29 is 31.4 Å². The van der Waals surface area contributed by atoms with Gasteiger partial charge in [0.05, 0.1) is 17.2 Å². The molecule has 2 nitrogen and oxygen atoms in total. The number of rotatable bonds is 5. The van der Waals surface area contributed by atoms with Crippen LogP contribution in [-0.4, -0.2) is 10.1 Å². The first-order valence-corrected chi connectivity index (χ1v) is 8.23. The Morgan fingerprint density at radius 3 is 2.22 bits per heavy atom. The minimum absolute atomic E-state index is 0.0508. The van der Waals surface area contributed by atoms with E-state index in [1.165, 1.54) is 6.07 Å². The SMILES string of the molecule is C=C(CC(C)C)CC(O)c1cc(C(F)(F)F)nc2c(C(F)(F)F)cccc12. The second kappa shape index (κ2) is 7.50. The molecule has 148 valence electrons. The highest BCUT2D eigenvalue weighted by atomic mass is 19.4. The minimum atomic E-state index is -4.95. The van der Waals surface area contributed by atoms with Gasteiger partial charge in [0.1, 0.15) is 5.69 Å². The van der Waals surface area contributed by atoms with E-state index in [1.807, 2.05) is 13.8 Å². The van der Waals surface area contributed by atoms with Crippen molar-refractivity contribution in [2.75, 3.05) is 0 Å². The van der Waals surface area contributed by atoms with Crippen molar-refractivity contribution in [3.8, 4) is 0 Å². The molecule has 0 aliphatic heterocycles. The van der Waals surface area contributed by atoms with E-state index in [0.29, 0.717) is 24.1 Å². The number of benzene rings is 1. The van der Waals surface area contributed by atoms with E-state index in [4.69, 9.17) is 0 Å². The first-order chi connectivity index (χ1) is 12.3. The van der Waals surface area contributed by atoms with Gasteiger partial charge in [0.2, 0.25) is 0 Å². The number of nitrogens with zero attached hydrogens (tertiary/aromatic N) is 1. The van der Waals surface area contributed by atoms with Crippen LogP contribution in [0.15, 0.2) is 36.4 Å². The number of hydrogen-bond acceptors (Lipinski definition) is 2. The van der Waals surface area contributed by atoms with Crippen LogP contribution in [-0.2, 0) is 12.4 Å². The first-order valence-electron chi connectivity index (χ1n) is 8.23. The maximum Gasteiger partial charge on any atom is 0.433 e. The molecule has 27 heavy (non-hydrogen) atoms. The number of fused-ring (bicyclic) bond motifs is 1. The minimum Gasteiger partial charge on any atom is -0.388 e. The van der Waals surface area contributed by atoms with Crippen LogP contribution in [0.25, 0.3) is 10.9 Å². The largest absolute Gasteiger partial charge is 0.433 e. The van der Waals surface area contributed by atoms with Crippen molar-refractivity contribution in [1.29, 1.82) is 0 Å². The third kappa shape index (κ3) is 5.00. The third-order valence-corrected chi connectivity index (χ3v) is 4.01. The normalized spacial score (nSPS) is 14.0. The van der Waals surface area contributed by atoms with E-state index in [2.05, 4.69) is 11.6 Å². The van der Waals surface area contributed by atoms with Gasteiger partial charge in [-0.05, 0) is 36.5 Å². The summed E-state index contributed by atoms with van der Waals surface area (Å²) in [5, 5.41) is 10.3. The van der Waals surface area contributed by atoms with Gasteiger partial charge in [-0.25, -0.2) is 4.98 Å². The van der Waals surface area contributed by atoms with E-state index < -0.39 is 35.2 Å².